The van der Waals surface area contributed by atoms with E-state index >= 15 is 0 Å². The first-order valence-electron chi connectivity index (χ1n) is 4.04. The molecule has 0 radical (unpaired) electrons. The van der Waals surface area contributed by atoms with Gasteiger partial charge in [-0.2, -0.15) is 0 Å². The number of aromatic amines is 1. The third kappa shape index (κ3) is 1.82. The molecule has 2 aromatic rings. The first kappa shape index (κ1) is 7.73. The highest BCUT2D eigenvalue weighted by Crippen LogP contribution is 2.17. The second-order valence-corrected chi connectivity index (χ2v) is 2.75. The molecule has 1 heterocycles. The van der Waals surface area contributed by atoms with Crippen LogP contribution >= 0.6 is 0 Å². The summed E-state index contributed by atoms with van der Waals surface area (Å²) in [5.74, 6) is 0.946. The molecule has 0 fully saturated rings. The quantitative estimate of drug-likeness (QED) is 0.655. The number of hydrogen-bond acceptors (Lipinski definition) is 2. The van der Waals surface area contributed by atoms with Crippen LogP contribution in [0, 0.1) is 0 Å². The van der Waals surface area contributed by atoms with Gasteiger partial charge < -0.3 is 15.4 Å². The van der Waals surface area contributed by atoms with Crippen LogP contribution < -0.4 is 5.32 Å². The van der Waals surface area contributed by atoms with Crippen molar-refractivity contribution in [1.29, 1.82) is 0 Å². The molecule has 1 aromatic carbocycles. The van der Waals surface area contributed by atoms with Gasteiger partial charge in [0, 0.05) is 11.8 Å². The fourth-order valence-corrected chi connectivity index (χ4v) is 1.13. The Labute approximate surface area is 76.0 Å². The molecule has 3 nitrogen and oxygen atoms in total. The normalized spacial score (nSPS) is 9.85. The lowest BCUT2D eigenvalue weighted by atomic mass is 10.3. The van der Waals surface area contributed by atoms with Gasteiger partial charge in [0.05, 0.1) is 0 Å². The number of benzene rings is 1. The Morgan fingerprint density at radius 3 is 2.38 bits per heavy atom. The molecule has 0 bridgehead atoms. The Morgan fingerprint density at radius 1 is 1.00 bits per heavy atom. The molecule has 3 heteroatoms. The summed E-state index contributed by atoms with van der Waals surface area (Å²) in [5, 5.41) is 12.1. The van der Waals surface area contributed by atoms with Crippen LogP contribution in [0.25, 0.3) is 0 Å². The minimum Gasteiger partial charge on any atom is -0.495 e. The molecule has 1 aromatic heterocycles. The number of nitrogens with one attached hydrogen (secondary N) is 2. The molecule has 0 saturated heterocycles. The van der Waals surface area contributed by atoms with Gasteiger partial charge in [-0.25, -0.2) is 0 Å². The summed E-state index contributed by atoms with van der Waals surface area (Å²) in [6.45, 7) is 0. The largest absolute Gasteiger partial charge is 0.495 e. The lowest BCUT2D eigenvalue weighted by molar-refractivity contribution is 0.457. The molecule has 0 saturated carbocycles. The third-order valence-corrected chi connectivity index (χ3v) is 1.72. The predicted molar refractivity (Wildman–Crippen MR) is 52.2 cm³/mol. The maximum Gasteiger partial charge on any atom is 0.189 e. The first-order chi connectivity index (χ1) is 6.34. The second kappa shape index (κ2) is 3.23. The number of para-hydroxylation sites is 1. The molecule has 0 aliphatic heterocycles. The zero-order valence-corrected chi connectivity index (χ0v) is 6.99. The van der Waals surface area contributed by atoms with Crippen LogP contribution in [-0.4, -0.2) is 10.1 Å². The number of aromatic hydroxyl groups is 1. The van der Waals surface area contributed by atoms with Crippen molar-refractivity contribution in [3.63, 3.8) is 0 Å². The molecule has 0 spiro atoms. The van der Waals surface area contributed by atoms with Gasteiger partial charge in [0.2, 0.25) is 0 Å². The molecule has 3 N–H and O–H groups in total. The van der Waals surface area contributed by atoms with Crippen molar-refractivity contribution in [3.8, 4) is 5.88 Å². The van der Waals surface area contributed by atoms with Crippen LogP contribution in [0.5, 0.6) is 5.88 Å². The summed E-state index contributed by atoms with van der Waals surface area (Å²) in [6.07, 6.45) is 0. The molecule has 0 aliphatic rings. The van der Waals surface area contributed by atoms with E-state index in [-0.39, 0.29) is 5.88 Å². The predicted octanol–water partition coefficient (Wildman–Crippen LogP) is 2.46. The van der Waals surface area contributed by atoms with Gasteiger partial charge in [-0.05, 0) is 18.2 Å². The van der Waals surface area contributed by atoms with E-state index in [1.807, 2.05) is 30.3 Å². The summed E-state index contributed by atoms with van der Waals surface area (Å²) in [5.41, 5.74) is 0.990. The first-order valence-corrected chi connectivity index (χ1v) is 4.04. The molecule has 0 amide bonds. The number of hydrogen-bond donors (Lipinski definition) is 3. The second-order valence-electron chi connectivity index (χ2n) is 2.75. The lowest BCUT2D eigenvalue weighted by Crippen LogP contribution is -1.88. The highest BCUT2D eigenvalue weighted by Gasteiger charge is 1.95. The van der Waals surface area contributed by atoms with Crippen molar-refractivity contribution in [2.24, 2.45) is 0 Å². The standard InChI is InChI=1S/C10H10N2O/c13-10-7-6-9(12-10)11-8-4-2-1-3-5-8/h1-7,11-13H. The van der Waals surface area contributed by atoms with Crippen molar-refractivity contribution in [1.82, 2.24) is 4.98 Å². The van der Waals surface area contributed by atoms with Crippen LogP contribution in [0.15, 0.2) is 42.5 Å². The van der Waals surface area contributed by atoms with Crippen LogP contribution in [0.4, 0.5) is 11.5 Å². The molecule has 13 heavy (non-hydrogen) atoms. The SMILES string of the molecule is Oc1ccc(Nc2ccccc2)[nH]1. The minimum atomic E-state index is 0.165. The Hall–Kier alpha value is -1.90. The highest BCUT2D eigenvalue weighted by atomic mass is 16.3. The van der Waals surface area contributed by atoms with E-state index in [0.29, 0.717) is 0 Å². The molecule has 66 valence electrons. The molecule has 0 atom stereocenters. The van der Waals surface area contributed by atoms with Crippen LogP contribution in [-0.2, 0) is 0 Å². The van der Waals surface area contributed by atoms with E-state index < -0.39 is 0 Å². The monoisotopic (exact) mass is 174 g/mol. The zero-order valence-electron chi connectivity index (χ0n) is 6.99. The van der Waals surface area contributed by atoms with Crippen molar-refractivity contribution in [3.05, 3.63) is 42.5 Å². The van der Waals surface area contributed by atoms with Gasteiger partial charge >= 0.3 is 0 Å². The van der Waals surface area contributed by atoms with Crippen LogP contribution in [0.3, 0.4) is 0 Å². The van der Waals surface area contributed by atoms with E-state index in [1.165, 1.54) is 0 Å². The van der Waals surface area contributed by atoms with Gasteiger partial charge in [0.25, 0.3) is 0 Å². The van der Waals surface area contributed by atoms with E-state index in [2.05, 4.69) is 10.3 Å². The Morgan fingerprint density at radius 2 is 1.77 bits per heavy atom. The zero-order chi connectivity index (χ0) is 9.10. The average molecular weight is 174 g/mol. The van der Waals surface area contributed by atoms with Crippen LogP contribution in [0.2, 0.25) is 0 Å². The maximum absolute atomic E-state index is 9.04. The molecule has 2 rings (SSSR count). The van der Waals surface area contributed by atoms with Crippen molar-refractivity contribution in [2.45, 2.75) is 0 Å². The van der Waals surface area contributed by atoms with Gasteiger partial charge in [-0.1, -0.05) is 18.2 Å². The summed E-state index contributed by atoms with van der Waals surface area (Å²) in [4.78, 5) is 2.77. The molecule has 0 unspecified atom stereocenters. The molecular formula is C10H10N2O. The number of aromatic nitrogens is 1. The minimum absolute atomic E-state index is 0.165. The van der Waals surface area contributed by atoms with E-state index in [9.17, 15) is 0 Å². The Bertz CT molecular complexity index is 381. The van der Waals surface area contributed by atoms with Gasteiger partial charge in [-0.3, -0.25) is 0 Å². The smallest absolute Gasteiger partial charge is 0.189 e. The van der Waals surface area contributed by atoms with Crippen LogP contribution in [0.1, 0.15) is 0 Å². The summed E-state index contributed by atoms with van der Waals surface area (Å²) < 4.78 is 0. The van der Waals surface area contributed by atoms with E-state index in [0.717, 1.165) is 11.5 Å². The molecule has 0 aliphatic carbocycles. The van der Waals surface area contributed by atoms with Crippen molar-refractivity contribution in [2.75, 3.05) is 5.32 Å². The topological polar surface area (TPSA) is 48.0 Å². The number of rotatable bonds is 2. The van der Waals surface area contributed by atoms with Gasteiger partial charge in [0.1, 0.15) is 5.82 Å². The lowest BCUT2D eigenvalue weighted by Gasteiger charge is -2.01. The number of anilines is 2. The number of H-pyrrole nitrogens is 1. The fraction of sp³-hybridized carbons (Fsp3) is 0. The van der Waals surface area contributed by atoms with E-state index in [1.54, 1.807) is 12.1 Å². The molecular weight excluding hydrogens is 164 g/mol. The highest BCUT2D eigenvalue weighted by molar-refractivity contribution is 5.56. The Kier molecular flexibility index (Phi) is 1.92. The van der Waals surface area contributed by atoms with Crippen molar-refractivity contribution < 1.29 is 5.11 Å². The fourth-order valence-electron chi connectivity index (χ4n) is 1.13. The summed E-state index contributed by atoms with van der Waals surface area (Å²) in [6, 6.07) is 13.1. The average Bonchev–Trinajstić information content (AvgIpc) is 2.53. The Balaban J connectivity index is 2.15. The third-order valence-electron chi connectivity index (χ3n) is 1.72. The van der Waals surface area contributed by atoms with Crippen molar-refractivity contribution >= 4 is 11.5 Å². The summed E-state index contributed by atoms with van der Waals surface area (Å²) >= 11 is 0. The summed E-state index contributed by atoms with van der Waals surface area (Å²) in [7, 11) is 0. The van der Waals surface area contributed by atoms with Gasteiger partial charge in [0.15, 0.2) is 5.88 Å². The maximum atomic E-state index is 9.04. The van der Waals surface area contributed by atoms with Gasteiger partial charge in [-0.15, -0.1) is 0 Å². The van der Waals surface area contributed by atoms with E-state index in [4.69, 9.17) is 5.11 Å².